The summed E-state index contributed by atoms with van der Waals surface area (Å²) in [6.07, 6.45) is 8.79. The van der Waals surface area contributed by atoms with E-state index < -0.39 is 6.10 Å². The minimum atomic E-state index is -0.427. The Morgan fingerprint density at radius 2 is 1.96 bits per heavy atom. The second kappa shape index (κ2) is 5.82. The lowest BCUT2D eigenvalue weighted by molar-refractivity contribution is -0.122. The highest BCUT2D eigenvalue weighted by molar-refractivity contribution is 5.73. The Morgan fingerprint density at radius 1 is 1.20 bits per heavy atom. The zero-order chi connectivity index (χ0) is 18.0. The average Bonchev–Trinajstić information content (AvgIpc) is 2.79. The molecule has 0 bridgehead atoms. The van der Waals surface area contributed by atoms with Crippen molar-refractivity contribution in [3.05, 3.63) is 11.6 Å². The summed E-state index contributed by atoms with van der Waals surface area (Å²) in [6, 6.07) is -0.109. The Kier molecular flexibility index (Phi) is 4.08. The van der Waals surface area contributed by atoms with E-state index >= 15 is 0 Å². The molecule has 140 valence electrons. The largest absolute Gasteiger partial charge is 0.393 e. The van der Waals surface area contributed by atoms with Crippen molar-refractivity contribution in [1.29, 1.82) is 0 Å². The van der Waals surface area contributed by atoms with Crippen molar-refractivity contribution in [2.75, 3.05) is 0 Å². The quantitative estimate of drug-likeness (QED) is 0.639. The van der Waals surface area contributed by atoms with E-state index in [1.165, 1.54) is 12.0 Å². The molecule has 0 aromatic heterocycles. The summed E-state index contributed by atoms with van der Waals surface area (Å²) < 4.78 is 0. The van der Waals surface area contributed by atoms with Crippen LogP contribution in [-0.4, -0.2) is 34.4 Å². The molecule has 4 heteroatoms. The molecule has 3 N–H and O–H groups in total. The molecule has 4 aliphatic rings. The van der Waals surface area contributed by atoms with Gasteiger partial charge in [0.1, 0.15) is 0 Å². The van der Waals surface area contributed by atoms with Crippen molar-refractivity contribution in [1.82, 2.24) is 5.32 Å². The van der Waals surface area contributed by atoms with Crippen LogP contribution in [0.1, 0.15) is 65.7 Å². The summed E-state index contributed by atoms with van der Waals surface area (Å²) in [5.74, 6) is 1.68. The van der Waals surface area contributed by atoms with E-state index in [1.807, 2.05) is 0 Å². The first-order valence-electron chi connectivity index (χ1n) is 10.1. The van der Waals surface area contributed by atoms with Crippen LogP contribution in [0.3, 0.4) is 0 Å². The van der Waals surface area contributed by atoms with Gasteiger partial charge in [-0.05, 0) is 73.5 Å². The van der Waals surface area contributed by atoms with Crippen molar-refractivity contribution in [2.24, 2.45) is 28.6 Å². The van der Waals surface area contributed by atoms with Gasteiger partial charge < -0.3 is 15.5 Å². The van der Waals surface area contributed by atoms with Gasteiger partial charge in [0.25, 0.3) is 0 Å². The maximum absolute atomic E-state index is 11.7. The molecule has 0 radical (unpaired) electrons. The number of carbonyl (C=O) groups is 1. The summed E-state index contributed by atoms with van der Waals surface area (Å²) in [5.41, 5.74) is 1.70. The predicted molar refractivity (Wildman–Crippen MR) is 96.7 cm³/mol. The highest BCUT2D eigenvalue weighted by Gasteiger charge is 2.61. The van der Waals surface area contributed by atoms with Crippen molar-refractivity contribution in [3.63, 3.8) is 0 Å². The third-order valence-electron chi connectivity index (χ3n) is 8.46. The molecule has 0 heterocycles. The molecule has 3 saturated carbocycles. The van der Waals surface area contributed by atoms with Gasteiger partial charge in [0.15, 0.2) is 0 Å². The maximum Gasteiger partial charge on any atom is 0.217 e. The lowest BCUT2D eigenvalue weighted by Crippen LogP contribution is -2.55. The smallest absolute Gasteiger partial charge is 0.217 e. The van der Waals surface area contributed by atoms with E-state index in [0.29, 0.717) is 17.8 Å². The first-order valence-corrected chi connectivity index (χ1v) is 10.1. The number of amides is 1. The van der Waals surface area contributed by atoms with Gasteiger partial charge in [-0.15, -0.1) is 0 Å². The number of nitrogens with one attached hydrogen (secondary N) is 1. The minimum Gasteiger partial charge on any atom is -0.393 e. The van der Waals surface area contributed by atoms with Crippen LogP contribution in [0, 0.1) is 28.6 Å². The molecule has 3 fully saturated rings. The topological polar surface area (TPSA) is 69.6 Å². The van der Waals surface area contributed by atoms with E-state index in [0.717, 1.165) is 38.5 Å². The first-order chi connectivity index (χ1) is 11.8. The van der Waals surface area contributed by atoms with Crippen LogP contribution in [0.2, 0.25) is 0 Å². The third-order valence-corrected chi connectivity index (χ3v) is 8.46. The molecule has 4 rings (SSSR count). The van der Waals surface area contributed by atoms with Gasteiger partial charge in [-0.25, -0.2) is 0 Å². The van der Waals surface area contributed by atoms with Crippen LogP contribution in [0.4, 0.5) is 0 Å². The minimum absolute atomic E-state index is 0.00212. The number of fused-ring (bicyclic) bond motifs is 5. The summed E-state index contributed by atoms with van der Waals surface area (Å²) in [7, 11) is 0. The SMILES string of the molecule is CC(=O)N[C@@H]1[C@H](O)C[C@@H]2[C@@H]3CC=C4C[C@@H](O)CC[C@]4(C)[C@@H]3CC[C@@]21C. The van der Waals surface area contributed by atoms with Crippen molar-refractivity contribution in [3.8, 4) is 0 Å². The van der Waals surface area contributed by atoms with Crippen LogP contribution in [0.15, 0.2) is 11.6 Å². The lowest BCUT2D eigenvalue weighted by atomic mass is 9.48. The molecule has 0 aromatic rings. The third kappa shape index (κ3) is 2.51. The number of carbonyl (C=O) groups excluding carboxylic acids is 1. The van der Waals surface area contributed by atoms with Gasteiger partial charge in [0, 0.05) is 6.92 Å². The fraction of sp³-hybridized carbons (Fsp3) is 0.857. The van der Waals surface area contributed by atoms with E-state index in [1.54, 1.807) is 6.92 Å². The molecule has 8 atom stereocenters. The highest BCUT2D eigenvalue weighted by atomic mass is 16.3. The maximum atomic E-state index is 11.7. The van der Waals surface area contributed by atoms with Gasteiger partial charge in [-0.2, -0.15) is 0 Å². The Labute approximate surface area is 151 Å². The van der Waals surface area contributed by atoms with Gasteiger partial charge in [-0.1, -0.05) is 25.5 Å². The van der Waals surface area contributed by atoms with Gasteiger partial charge >= 0.3 is 0 Å². The molecular weight excluding hydrogens is 314 g/mol. The Morgan fingerprint density at radius 3 is 2.68 bits per heavy atom. The Hall–Kier alpha value is -0.870. The first kappa shape index (κ1) is 17.5. The van der Waals surface area contributed by atoms with E-state index in [2.05, 4.69) is 25.2 Å². The fourth-order valence-electron chi connectivity index (χ4n) is 7.14. The molecule has 0 unspecified atom stereocenters. The van der Waals surface area contributed by atoms with E-state index in [4.69, 9.17) is 0 Å². The number of aliphatic hydroxyl groups excluding tert-OH is 2. The van der Waals surface area contributed by atoms with Crippen LogP contribution in [0.25, 0.3) is 0 Å². The van der Waals surface area contributed by atoms with Crippen molar-refractivity contribution >= 4 is 5.91 Å². The standard InChI is InChI=1S/C21H33NO3/c1-12(23)22-19-18(25)11-17-15-5-4-13-10-14(24)6-8-20(13,2)16(15)7-9-21(17,19)3/h4,14-19,24-25H,5-11H2,1-3H3,(H,22,23)/t14-,15+,16+,17+,18+,19+,20-,21-/m0/s1. The molecule has 1 amide bonds. The molecule has 0 aliphatic heterocycles. The number of allylic oxidation sites excluding steroid dienone is 1. The normalized spacial score (nSPS) is 51.8. The average molecular weight is 347 g/mol. The lowest BCUT2D eigenvalue weighted by Gasteiger charge is -2.57. The molecular formula is C21H33NO3. The van der Waals surface area contributed by atoms with E-state index in [9.17, 15) is 15.0 Å². The van der Waals surface area contributed by atoms with Gasteiger partial charge in [0.05, 0.1) is 18.2 Å². The molecule has 0 spiro atoms. The van der Waals surface area contributed by atoms with Crippen LogP contribution in [0.5, 0.6) is 0 Å². The van der Waals surface area contributed by atoms with Crippen LogP contribution >= 0.6 is 0 Å². The summed E-state index contributed by atoms with van der Waals surface area (Å²) in [6.45, 7) is 6.26. The Balaban J connectivity index is 1.64. The monoisotopic (exact) mass is 347 g/mol. The summed E-state index contributed by atoms with van der Waals surface area (Å²) in [4.78, 5) is 11.7. The zero-order valence-corrected chi connectivity index (χ0v) is 15.8. The number of aliphatic hydroxyl groups is 2. The van der Waals surface area contributed by atoms with Gasteiger partial charge in [-0.3, -0.25) is 4.79 Å². The second-order valence-electron chi connectivity index (χ2n) is 9.68. The van der Waals surface area contributed by atoms with Crippen LogP contribution < -0.4 is 5.32 Å². The van der Waals surface area contributed by atoms with Crippen molar-refractivity contribution in [2.45, 2.75) is 84.0 Å². The van der Waals surface area contributed by atoms with E-state index in [-0.39, 0.29) is 28.9 Å². The molecule has 0 saturated heterocycles. The molecule has 0 aromatic carbocycles. The fourth-order valence-corrected chi connectivity index (χ4v) is 7.14. The number of rotatable bonds is 1. The zero-order valence-electron chi connectivity index (χ0n) is 15.8. The summed E-state index contributed by atoms with van der Waals surface area (Å²) in [5, 5.41) is 23.8. The van der Waals surface area contributed by atoms with Gasteiger partial charge in [0.2, 0.25) is 5.91 Å². The predicted octanol–water partition coefficient (Wildman–Crippen LogP) is 2.79. The number of hydrogen-bond acceptors (Lipinski definition) is 3. The second-order valence-corrected chi connectivity index (χ2v) is 9.68. The summed E-state index contributed by atoms with van der Waals surface area (Å²) >= 11 is 0. The highest BCUT2D eigenvalue weighted by Crippen LogP contribution is 2.64. The Bertz CT molecular complexity index is 602. The molecule has 4 nitrogen and oxygen atoms in total. The number of hydrogen-bond donors (Lipinski definition) is 3. The van der Waals surface area contributed by atoms with Crippen LogP contribution in [-0.2, 0) is 4.79 Å². The van der Waals surface area contributed by atoms with Crippen molar-refractivity contribution < 1.29 is 15.0 Å². The molecule has 25 heavy (non-hydrogen) atoms. The molecule has 4 aliphatic carbocycles.